The van der Waals surface area contributed by atoms with E-state index >= 15 is 0 Å². The lowest BCUT2D eigenvalue weighted by molar-refractivity contribution is 0.112. The van der Waals surface area contributed by atoms with Gasteiger partial charge in [-0.05, 0) is 67.6 Å². The fraction of sp³-hybridized carbons (Fsp3) is 0.542. The van der Waals surface area contributed by atoms with Gasteiger partial charge < -0.3 is 16.4 Å². The number of benzene rings is 1. The number of hydrogen-bond acceptors (Lipinski definition) is 8. The average Bonchev–Trinajstić information content (AvgIpc) is 2.78. The van der Waals surface area contributed by atoms with Crippen LogP contribution < -0.4 is 21.1 Å². The number of nitriles is 1. The molecule has 2 aliphatic carbocycles. The molecule has 0 aliphatic heterocycles. The molecule has 5 N–H and O–H groups in total. The Morgan fingerprint density at radius 3 is 2.50 bits per heavy atom. The highest BCUT2D eigenvalue weighted by Crippen LogP contribution is 2.41. The molecular formula is C24H33N7O2S. The van der Waals surface area contributed by atoms with E-state index in [4.69, 9.17) is 5.73 Å². The maximum absolute atomic E-state index is 11.3. The monoisotopic (exact) mass is 483 g/mol. The van der Waals surface area contributed by atoms with Crippen LogP contribution in [0.25, 0.3) is 0 Å². The Morgan fingerprint density at radius 2 is 1.85 bits per heavy atom. The van der Waals surface area contributed by atoms with Gasteiger partial charge in [0.25, 0.3) is 0 Å². The van der Waals surface area contributed by atoms with Gasteiger partial charge in [0.2, 0.25) is 16.0 Å². The van der Waals surface area contributed by atoms with Crippen LogP contribution in [-0.2, 0) is 16.4 Å². The lowest BCUT2D eigenvalue weighted by Crippen LogP contribution is -2.47. The summed E-state index contributed by atoms with van der Waals surface area (Å²) in [5, 5.41) is 16.1. The summed E-state index contributed by atoms with van der Waals surface area (Å²) in [5.74, 6) is 2.82. The minimum Gasteiger partial charge on any atom is -0.369 e. The summed E-state index contributed by atoms with van der Waals surface area (Å²) in [6, 6.07) is 9.77. The van der Waals surface area contributed by atoms with Crippen LogP contribution in [0.3, 0.4) is 0 Å². The summed E-state index contributed by atoms with van der Waals surface area (Å²) < 4.78 is 25.1. The van der Waals surface area contributed by atoms with E-state index < -0.39 is 10.0 Å². The first-order chi connectivity index (χ1) is 16.3. The number of fused-ring (bicyclic) bond motifs is 2. The highest BCUT2D eigenvalue weighted by Gasteiger charge is 2.37. The fourth-order valence-corrected chi connectivity index (χ4v) is 5.84. The topological polar surface area (TPSA) is 146 Å². The van der Waals surface area contributed by atoms with Gasteiger partial charge in [0.05, 0.1) is 12.5 Å². The van der Waals surface area contributed by atoms with Crippen LogP contribution in [0.2, 0.25) is 0 Å². The van der Waals surface area contributed by atoms with E-state index in [1.165, 1.54) is 19.3 Å². The molecule has 0 amide bonds. The lowest BCUT2D eigenvalue weighted by atomic mass is 9.65. The van der Waals surface area contributed by atoms with Gasteiger partial charge in [-0.15, -0.1) is 0 Å². The number of nitrogens with zero attached hydrogens (tertiary/aromatic N) is 3. The van der Waals surface area contributed by atoms with Crippen molar-refractivity contribution in [2.24, 2.45) is 23.5 Å². The van der Waals surface area contributed by atoms with E-state index in [0.717, 1.165) is 37.6 Å². The summed E-state index contributed by atoms with van der Waals surface area (Å²) in [5.41, 5.74) is 8.45. The lowest BCUT2D eigenvalue weighted by Gasteiger charge is -2.44. The number of nitrogens with one attached hydrogen (secondary N) is 3. The minimum absolute atomic E-state index is 0.349. The standard InChI is InChI=1S/C24H33N7O2S/c1-34(32,33)31-21-7-5-16(6-8-21)9-10-27-24-29-15-20(13-25)23(30-24)28-14-17-11-18-3-2-4-19(12-17)22(18)26/h5-8,15,17-19,22,31H,2-4,9-12,14,26H2,1H3,(H2,27,28,29,30)/t17?,18-,19+,22?. The van der Waals surface area contributed by atoms with E-state index in [1.54, 1.807) is 18.3 Å². The molecular weight excluding hydrogens is 450 g/mol. The van der Waals surface area contributed by atoms with Crippen LogP contribution >= 0.6 is 0 Å². The second-order valence-electron chi connectivity index (χ2n) is 9.56. The van der Waals surface area contributed by atoms with Crippen molar-refractivity contribution >= 4 is 27.5 Å². The van der Waals surface area contributed by atoms with Crippen molar-refractivity contribution in [1.29, 1.82) is 5.26 Å². The average molecular weight is 484 g/mol. The Balaban J connectivity index is 1.30. The smallest absolute Gasteiger partial charge is 0.229 e. The number of anilines is 3. The van der Waals surface area contributed by atoms with Crippen molar-refractivity contribution in [3.8, 4) is 6.07 Å². The molecule has 0 spiro atoms. The van der Waals surface area contributed by atoms with Crippen molar-refractivity contribution in [1.82, 2.24) is 9.97 Å². The predicted octanol–water partition coefficient (Wildman–Crippen LogP) is 2.94. The fourth-order valence-electron chi connectivity index (χ4n) is 5.28. The third-order valence-electron chi connectivity index (χ3n) is 6.93. The van der Waals surface area contributed by atoms with Gasteiger partial charge in [0, 0.05) is 24.8 Å². The van der Waals surface area contributed by atoms with Crippen LogP contribution in [-0.4, -0.2) is 43.8 Å². The van der Waals surface area contributed by atoms with E-state index in [1.807, 2.05) is 12.1 Å². The minimum atomic E-state index is -3.28. The second-order valence-corrected chi connectivity index (χ2v) is 11.3. The summed E-state index contributed by atoms with van der Waals surface area (Å²) in [4.78, 5) is 8.81. The molecule has 4 atom stereocenters. The molecule has 4 rings (SSSR count). The van der Waals surface area contributed by atoms with Crippen LogP contribution in [0, 0.1) is 29.1 Å². The first kappa shape index (κ1) is 24.2. The normalized spacial score (nSPS) is 24.1. The quantitative estimate of drug-likeness (QED) is 0.426. The molecule has 2 bridgehead atoms. The number of nitrogens with two attached hydrogens (primary N) is 1. The zero-order valence-electron chi connectivity index (χ0n) is 19.5. The van der Waals surface area contributed by atoms with Crippen LogP contribution in [0.1, 0.15) is 43.2 Å². The Hall–Kier alpha value is -2.90. The summed E-state index contributed by atoms with van der Waals surface area (Å²) in [6.07, 6.45) is 9.44. The highest BCUT2D eigenvalue weighted by molar-refractivity contribution is 7.92. The molecule has 182 valence electrons. The van der Waals surface area contributed by atoms with Gasteiger partial charge in [-0.2, -0.15) is 10.2 Å². The van der Waals surface area contributed by atoms with E-state index in [2.05, 4.69) is 31.4 Å². The molecule has 2 aromatic rings. The van der Waals surface area contributed by atoms with E-state index in [9.17, 15) is 13.7 Å². The summed E-state index contributed by atoms with van der Waals surface area (Å²) in [7, 11) is -3.28. The molecule has 0 saturated heterocycles. The van der Waals surface area contributed by atoms with Crippen LogP contribution in [0.15, 0.2) is 30.5 Å². The van der Waals surface area contributed by atoms with Crippen LogP contribution in [0.5, 0.6) is 0 Å². The maximum Gasteiger partial charge on any atom is 0.229 e. The Kier molecular flexibility index (Phi) is 7.54. The van der Waals surface area contributed by atoms with Gasteiger partial charge in [-0.3, -0.25) is 4.72 Å². The van der Waals surface area contributed by atoms with Gasteiger partial charge in [-0.25, -0.2) is 13.4 Å². The molecule has 0 radical (unpaired) electrons. The van der Waals surface area contributed by atoms with Gasteiger partial charge in [-0.1, -0.05) is 18.6 Å². The molecule has 2 aliphatic rings. The first-order valence-corrected chi connectivity index (χ1v) is 13.8. The maximum atomic E-state index is 11.3. The Labute approximate surface area is 201 Å². The Morgan fingerprint density at radius 1 is 1.15 bits per heavy atom. The third-order valence-corrected chi connectivity index (χ3v) is 7.54. The molecule has 1 heterocycles. The highest BCUT2D eigenvalue weighted by atomic mass is 32.2. The van der Waals surface area contributed by atoms with Gasteiger partial charge in [0.1, 0.15) is 17.5 Å². The summed E-state index contributed by atoms with van der Waals surface area (Å²) in [6.45, 7) is 1.40. The molecule has 2 saturated carbocycles. The van der Waals surface area contributed by atoms with Crippen molar-refractivity contribution in [2.75, 3.05) is 34.7 Å². The van der Waals surface area contributed by atoms with Gasteiger partial charge >= 0.3 is 0 Å². The molecule has 1 aromatic carbocycles. The third kappa shape index (κ3) is 6.36. The molecule has 1 aromatic heterocycles. The van der Waals surface area contributed by atoms with Crippen molar-refractivity contribution in [3.63, 3.8) is 0 Å². The second kappa shape index (κ2) is 10.6. The molecule has 2 unspecified atom stereocenters. The zero-order valence-corrected chi connectivity index (χ0v) is 20.3. The molecule has 34 heavy (non-hydrogen) atoms. The van der Waals surface area contributed by atoms with Gasteiger partial charge in [0.15, 0.2) is 0 Å². The molecule has 2 fully saturated rings. The largest absolute Gasteiger partial charge is 0.369 e. The number of hydrogen-bond donors (Lipinski definition) is 4. The van der Waals surface area contributed by atoms with Crippen molar-refractivity contribution in [2.45, 2.75) is 44.6 Å². The summed E-state index contributed by atoms with van der Waals surface area (Å²) >= 11 is 0. The number of rotatable bonds is 9. The van der Waals surface area contributed by atoms with Crippen LogP contribution in [0.4, 0.5) is 17.5 Å². The first-order valence-electron chi connectivity index (χ1n) is 11.9. The Bertz CT molecular complexity index is 1120. The molecule has 10 heteroatoms. The van der Waals surface area contributed by atoms with E-state index in [0.29, 0.717) is 53.4 Å². The molecule has 9 nitrogen and oxygen atoms in total. The number of sulfonamides is 1. The zero-order chi connectivity index (χ0) is 24.1. The van der Waals surface area contributed by atoms with Crippen molar-refractivity contribution in [3.05, 3.63) is 41.6 Å². The number of aromatic nitrogens is 2. The SMILES string of the molecule is CS(=O)(=O)Nc1ccc(CCNc2ncc(C#N)c(NCC3C[C@H]4CCC[C@@H](C3)C4N)n2)cc1. The predicted molar refractivity (Wildman–Crippen MR) is 134 cm³/mol. The van der Waals surface area contributed by atoms with E-state index in [-0.39, 0.29) is 0 Å². The van der Waals surface area contributed by atoms with Crippen molar-refractivity contribution < 1.29 is 8.42 Å².